The van der Waals surface area contributed by atoms with Crippen LogP contribution in [0.4, 0.5) is 8.78 Å². The monoisotopic (exact) mass is 300 g/mol. The van der Waals surface area contributed by atoms with Crippen molar-refractivity contribution in [2.45, 2.75) is 62.4 Å². The van der Waals surface area contributed by atoms with Crippen molar-refractivity contribution in [3.8, 4) is 0 Å². The van der Waals surface area contributed by atoms with Gasteiger partial charge in [-0.15, -0.1) is 11.8 Å². The minimum Gasteiger partial charge on any atom is -0.382 e. The molecule has 1 unspecified atom stereocenters. The summed E-state index contributed by atoms with van der Waals surface area (Å²) in [5.41, 5.74) is 2.14. The largest absolute Gasteiger partial charge is 0.382 e. The van der Waals surface area contributed by atoms with Gasteiger partial charge in [0.2, 0.25) is 0 Å². The van der Waals surface area contributed by atoms with Gasteiger partial charge in [0.15, 0.2) is 0 Å². The standard InChI is InChI=1S/C16H22F2OS/c1-3-4-5-6-7-11-8-9-13(20-2)14-12(11)10-16(17,18)15(14)19/h8-9,15,19H,3-7,10H2,1-2H3. The molecule has 0 bridgehead atoms. The van der Waals surface area contributed by atoms with Crippen molar-refractivity contribution in [2.24, 2.45) is 0 Å². The Bertz CT molecular complexity index is 474. The zero-order chi connectivity index (χ0) is 14.8. The Morgan fingerprint density at radius 3 is 2.70 bits per heavy atom. The van der Waals surface area contributed by atoms with Gasteiger partial charge in [-0.25, -0.2) is 8.78 Å². The van der Waals surface area contributed by atoms with Crippen molar-refractivity contribution >= 4 is 11.8 Å². The van der Waals surface area contributed by atoms with Crippen molar-refractivity contribution in [3.63, 3.8) is 0 Å². The smallest absolute Gasteiger partial charge is 0.281 e. The van der Waals surface area contributed by atoms with E-state index in [0.29, 0.717) is 11.1 Å². The Morgan fingerprint density at radius 2 is 2.05 bits per heavy atom. The van der Waals surface area contributed by atoms with Crippen LogP contribution >= 0.6 is 11.8 Å². The number of aliphatic hydroxyl groups is 1. The third kappa shape index (κ3) is 3.01. The number of alkyl halides is 2. The number of unbranched alkanes of at least 4 members (excludes halogenated alkanes) is 3. The van der Waals surface area contributed by atoms with Crippen LogP contribution in [0.5, 0.6) is 0 Å². The minimum absolute atomic E-state index is 0.318. The van der Waals surface area contributed by atoms with E-state index in [0.717, 1.165) is 29.7 Å². The molecule has 0 saturated heterocycles. The third-order valence-corrected chi connectivity index (χ3v) is 4.82. The molecule has 0 spiro atoms. The van der Waals surface area contributed by atoms with Crippen molar-refractivity contribution in [1.82, 2.24) is 0 Å². The zero-order valence-corrected chi connectivity index (χ0v) is 12.9. The number of aliphatic hydroxyl groups excluding tert-OH is 1. The maximum atomic E-state index is 13.8. The molecule has 20 heavy (non-hydrogen) atoms. The number of aryl methyl sites for hydroxylation is 1. The Morgan fingerprint density at radius 1 is 1.30 bits per heavy atom. The highest BCUT2D eigenvalue weighted by molar-refractivity contribution is 7.98. The highest BCUT2D eigenvalue weighted by Gasteiger charge is 2.48. The SMILES string of the molecule is CCCCCCc1ccc(SC)c2c1CC(F)(F)C2O. The second kappa shape index (κ2) is 6.44. The predicted octanol–water partition coefficient (Wildman–Crippen LogP) is 4.76. The second-order valence-corrected chi connectivity index (χ2v) is 6.32. The van der Waals surface area contributed by atoms with Gasteiger partial charge in [-0.3, -0.25) is 0 Å². The fourth-order valence-electron chi connectivity index (χ4n) is 2.89. The van der Waals surface area contributed by atoms with Crippen LogP contribution in [0.25, 0.3) is 0 Å². The third-order valence-electron chi connectivity index (χ3n) is 4.02. The van der Waals surface area contributed by atoms with Crippen LogP contribution in [0.3, 0.4) is 0 Å². The van der Waals surface area contributed by atoms with Crippen molar-refractivity contribution < 1.29 is 13.9 Å². The fourth-order valence-corrected chi connectivity index (χ4v) is 3.55. The van der Waals surface area contributed by atoms with Crippen LogP contribution in [0.1, 0.15) is 55.4 Å². The van der Waals surface area contributed by atoms with Crippen molar-refractivity contribution in [1.29, 1.82) is 0 Å². The maximum absolute atomic E-state index is 13.8. The van der Waals surface area contributed by atoms with E-state index in [4.69, 9.17) is 0 Å². The molecule has 0 aromatic heterocycles. The van der Waals surface area contributed by atoms with Gasteiger partial charge in [-0.05, 0) is 36.3 Å². The molecule has 0 heterocycles. The summed E-state index contributed by atoms with van der Waals surface area (Å²) in [6.45, 7) is 2.15. The summed E-state index contributed by atoms with van der Waals surface area (Å²) in [5.74, 6) is -3.02. The molecule has 0 saturated carbocycles. The van der Waals surface area contributed by atoms with Crippen LogP contribution in [-0.4, -0.2) is 17.3 Å². The minimum atomic E-state index is -3.02. The lowest BCUT2D eigenvalue weighted by Crippen LogP contribution is -2.21. The van der Waals surface area contributed by atoms with E-state index < -0.39 is 12.0 Å². The molecule has 1 aromatic rings. The molecule has 1 N–H and O–H groups in total. The van der Waals surface area contributed by atoms with Crippen molar-refractivity contribution in [3.05, 3.63) is 28.8 Å². The van der Waals surface area contributed by atoms with Crippen LogP contribution in [0.2, 0.25) is 0 Å². The van der Waals surface area contributed by atoms with Gasteiger partial charge in [0.25, 0.3) is 5.92 Å². The van der Waals surface area contributed by atoms with Gasteiger partial charge in [-0.1, -0.05) is 32.3 Å². The van der Waals surface area contributed by atoms with Gasteiger partial charge in [-0.2, -0.15) is 0 Å². The molecule has 1 aromatic carbocycles. The summed E-state index contributed by atoms with van der Waals surface area (Å²) in [6, 6.07) is 3.84. The molecule has 2 rings (SSSR count). The summed E-state index contributed by atoms with van der Waals surface area (Å²) >= 11 is 1.43. The number of fused-ring (bicyclic) bond motifs is 1. The lowest BCUT2D eigenvalue weighted by atomic mass is 9.98. The highest BCUT2D eigenvalue weighted by atomic mass is 32.2. The van der Waals surface area contributed by atoms with E-state index in [1.165, 1.54) is 24.6 Å². The molecular formula is C16H22F2OS. The summed E-state index contributed by atoms with van der Waals surface area (Å²) in [4.78, 5) is 0.780. The molecule has 112 valence electrons. The average Bonchev–Trinajstić information content (AvgIpc) is 2.66. The fraction of sp³-hybridized carbons (Fsp3) is 0.625. The Labute approximate surface area is 123 Å². The van der Waals surface area contributed by atoms with Crippen LogP contribution in [-0.2, 0) is 12.8 Å². The van der Waals surface area contributed by atoms with E-state index in [1.54, 1.807) is 0 Å². The summed E-state index contributed by atoms with van der Waals surface area (Å²) in [6.07, 6.45) is 5.25. The average molecular weight is 300 g/mol. The molecule has 1 aliphatic carbocycles. The van der Waals surface area contributed by atoms with Gasteiger partial charge >= 0.3 is 0 Å². The molecule has 1 nitrogen and oxygen atoms in total. The topological polar surface area (TPSA) is 20.2 Å². The molecule has 0 radical (unpaired) electrons. The summed E-state index contributed by atoms with van der Waals surface area (Å²) < 4.78 is 27.6. The zero-order valence-electron chi connectivity index (χ0n) is 12.1. The first kappa shape index (κ1) is 15.8. The molecule has 0 fully saturated rings. The normalized spacial score (nSPS) is 20.1. The maximum Gasteiger partial charge on any atom is 0.281 e. The first-order valence-corrected chi connectivity index (χ1v) is 8.48. The molecular weight excluding hydrogens is 278 g/mol. The van der Waals surface area contributed by atoms with Crippen LogP contribution in [0.15, 0.2) is 17.0 Å². The Kier molecular flexibility index (Phi) is 5.08. The van der Waals surface area contributed by atoms with E-state index in [9.17, 15) is 13.9 Å². The number of benzene rings is 1. The van der Waals surface area contributed by atoms with Crippen LogP contribution in [0, 0.1) is 0 Å². The number of thioether (sulfide) groups is 1. The van der Waals surface area contributed by atoms with Gasteiger partial charge in [0.1, 0.15) is 6.10 Å². The molecule has 0 aliphatic heterocycles. The van der Waals surface area contributed by atoms with Gasteiger partial charge in [0, 0.05) is 16.9 Å². The van der Waals surface area contributed by atoms with E-state index in [1.807, 2.05) is 18.4 Å². The lowest BCUT2D eigenvalue weighted by molar-refractivity contribution is -0.0975. The molecule has 0 amide bonds. The second-order valence-electron chi connectivity index (χ2n) is 5.47. The molecule has 1 atom stereocenters. The number of halogens is 2. The van der Waals surface area contributed by atoms with Gasteiger partial charge in [0.05, 0.1) is 0 Å². The van der Waals surface area contributed by atoms with E-state index in [2.05, 4.69) is 6.92 Å². The Balaban J connectivity index is 2.25. The summed E-state index contributed by atoms with van der Waals surface area (Å²) in [7, 11) is 0. The molecule has 4 heteroatoms. The predicted molar refractivity (Wildman–Crippen MR) is 79.7 cm³/mol. The summed E-state index contributed by atoms with van der Waals surface area (Å²) in [5, 5.41) is 9.89. The number of hydrogen-bond acceptors (Lipinski definition) is 2. The van der Waals surface area contributed by atoms with E-state index >= 15 is 0 Å². The highest BCUT2D eigenvalue weighted by Crippen LogP contribution is 2.47. The number of hydrogen-bond donors (Lipinski definition) is 1. The number of rotatable bonds is 6. The first-order chi connectivity index (χ1) is 9.51. The van der Waals surface area contributed by atoms with E-state index in [-0.39, 0.29) is 6.42 Å². The Hall–Kier alpha value is -0.610. The first-order valence-electron chi connectivity index (χ1n) is 7.25. The molecule has 1 aliphatic rings. The lowest BCUT2D eigenvalue weighted by Gasteiger charge is -2.15. The van der Waals surface area contributed by atoms with Crippen LogP contribution < -0.4 is 0 Å². The quantitative estimate of drug-likeness (QED) is 0.604. The van der Waals surface area contributed by atoms with Crippen molar-refractivity contribution in [2.75, 3.05) is 6.26 Å². The van der Waals surface area contributed by atoms with Gasteiger partial charge < -0.3 is 5.11 Å².